The summed E-state index contributed by atoms with van der Waals surface area (Å²) in [5.74, 6) is 0.835. The third kappa shape index (κ3) is 3.27. The fraction of sp³-hybridized carbons (Fsp3) is 0.250. The Morgan fingerprint density at radius 1 is 1.15 bits per heavy atom. The molecule has 1 aromatic heterocycles. The number of hydrogen-bond donors (Lipinski definition) is 1. The van der Waals surface area contributed by atoms with Crippen molar-refractivity contribution in [2.75, 3.05) is 11.9 Å². The monoisotopic (exact) mass is 436 g/mol. The van der Waals surface area contributed by atoms with E-state index in [0.29, 0.717) is 16.7 Å². The third-order valence-electron chi connectivity index (χ3n) is 4.48. The first-order valence-electron chi connectivity index (χ1n) is 8.59. The maximum atomic E-state index is 6.22. The second-order valence-electron chi connectivity index (χ2n) is 6.91. The summed E-state index contributed by atoms with van der Waals surface area (Å²) in [7, 11) is 0. The number of benzene rings is 2. The molecular weight excluding hydrogens is 419 g/mol. The van der Waals surface area contributed by atoms with Gasteiger partial charge in [-0.15, -0.1) is 0 Å². The summed E-state index contributed by atoms with van der Waals surface area (Å²) in [4.78, 5) is 1.17. The van der Waals surface area contributed by atoms with E-state index >= 15 is 0 Å². The van der Waals surface area contributed by atoms with Crippen molar-refractivity contribution < 1.29 is 4.74 Å². The fourth-order valence-corrected chi connectivity index (χ4v) is 5.51. The van der Waals surface area contributed by atoms with Gasteiger partial charge in [0.15, 0.2) is 0 Å². The molecule has 4 rings (SSSR count). The van der Waals surface area contributed by atoms with E-state index in [0.717, 1.165) is 32.9 Å². The van der Waals surface area contributed by atoms with Crippen molar-refractivity contribution in [3.63, 3.8) is 0 Å². The van der Waals surface area contributed by atoms with E-state index in [-0.39, 0.29) is 5.54 Å². The smallest absolute Gasteiger partial charge is 0.129 e. The zero-order chi connectivity index (χ0) is 19.3. The first kappa shape index (κ1) is 18.8. The quantitative estimate of drug-likeness (QED) is 0.436. The van der Waals surface area contributed by atoms with Crippen LogP contribution in [0.15, 0.2) is 36.4 Å². The van der Waals surface area contributed by atoms with Crippen LogP contribution in [0.1, 0.15) is 25.6 Å². The first-order chi connectivity index (χ1) is 12.8. The van der Waals surface area contributed by atoms with Gasteiger partial charge in [-0.2, -0.15) is 0 Å². The highest BCUT2D eigenvalue weighted by Crippen LogP contribution is 2.48. The molecule has 0 amide bonds. The molecule has 1 aliphatic heterocycles. The Balaban J connectivity index is 1.98. The summed E-state index contributed by atoms with van der Waals surface area (Å²) in [6.07, 6.45) is 0. The normalized spacial score (nSPS) is 14.3. The van der Waals surface area contributed by atoms with Gasteiger partial charge < -0.3 is 10.1 Å². The van der Waals surface area contributed by atoms with Crippen LogP contribution in [0.5, 0.6) is 5.75 Å². The van der Waals surface area contributed by atoms with E-state index in [2.05, 4.69) is 31.3 Å². The van der Waals surface area contributed by atoms with Crippen LogP contribution in [0.2, 0.25) is 10.0 Å². The van der Waals surface area contributed by atoms with Gasteiger partial charge in [-0.1, -0.05) is 47.0 Å². The van der Waals surface area contributed by atoms with Gasteiger partial charge in [-0.25, -0.2) is 0 Å². The van der Waals surface area contributed by atoms with Crippen LogP contribution >= 0.6 is 47.0 Å². The number of fused-ring (bicyclic) bond motifs is 3. The molecule has 0 fully saturated rings. The molecule has 2 aromatic carbocycles. The van der Waals surface area contributed by atoms with Crippen molar-refractivity contribution in [2.45, 2.75) is 26.3 Å². The second kappa shape index (κ2) is 6.82. The van der Waals surface area contributed by atoms with E-state index in [1.54, 1.807) is 17.6 Å². The van der Waals surface area contributed by atoms with E-state index < -0.39 is 0 Å². The topological polar surface area (TPSA) is 26.2 Å². The molecule has 0 aliphatic carbocycles. The molecule has 1 N–H and O–H groups in total. The molecule has 140 valence electrons. The largest absolute Gasteiger partial charge is 0.494 e. The molecule has 1 aliphatic rings. The second-order valence-corrected chi connectivity index (χ2v) is 9.13. The van der Waals surface area contributed by atoms with Gasteiger partial charge in [0.2, 0.25) is 0 Å². The lowest BCUT2D eigenvalue weighted by molar-refractivity contribution is 0.340. The minimum absolute atomic E-state index is 0.249. The highest BCUT2D eigenvalue weighted by molar-refractivity contribution is 7.71. The van der Waals surface area contributed by atoms with Crippen molar-refractivity contribution in [1.29, 1.82) is 0 Å². The number of ether oxygens (including phenoxy) is 1. The summed E-state index contributed by atoms with van der Waals surface area (Å²) >= 11 is 19.9. The van der Waals surface area contributed by atoms with Crippen molar-refractivity contribution in [3.8, 4) is 22.6 Å². The summed E-state index contributed by atoms with van der Waals surface area (Å²) < 4.78 is 8.47. The first-order valence-corrected chi connectivity index (χ1v) is 10.5. The Bertz CT molecular complexity index is 1080. The maximum Gasteiger partial charge on any atom is 0.129 e. The fourth-order valence-electron chi connectivity index (χ4n) is 3.36. The zero-order valence-corrected chi connectivity index (χ0v) is 18.2. The van der Waals surface area contributed by atoms with Crippen LogP contribution in [-0.2, 0) is 5.54 Å². The molecule has 27 heavy (non-hydrogen) atoms. The molecular formula is C20H18Cl2N2OS2. The molecule has 0 atom stereocenters. The van der Waals surface area contributed by atoms with E-state index in [9.17, 15) is 0 Å². The van der Waals surface area contributed by atoms with Crippen LogP contribution in [0.3, 0.4) is 0 Å². The Kier molecular flexibility index (Phi) is 4.75. The maximum absolute atomic E-state index is 6.22. The molecule has 0 radical (unpaired) electrons. The van der Waals surface area contributed by atoms with Gasteiger partial charge in [0.05, 0.1) is 22.7 Å². The van der Waals surface area contributed by atoms with E-state index in [1.807, 2.05) is 29.1 Å². The average molecular weight is 437 g/mol. The lowest BCUT2D eigenvalue weighted by Crippen LogP contribution is -2.30. The molecule has 0 bridgehead atoms. The predicted molar refractivity (Wildman–Crippen MR) is 118 cm³/mol. The number of aromatic nitrogens is 1. The molecule has 0 saturated heterocycles. The lowest BCUT2D eigenvalue weighted by Gasteiger charge is -2.33. The van der Waals surface area contributed by atoms with E-state index in [1.165, 1.54) is 4.88 Å². The van der Waals surface area contributed by atoms with Crippen LogP contribution in [0.4, 0.5) is 5.69 Å². The Hall–Kier alpha value is -1.53. The van der Waals surface area contributed by atoms with E-state index in [4.69, 9.17) is 40.2 Å². The Labute approximate surface area is 177 Å². The molecule has 7 heteroatoms. The van der Waals surface area contributed by atoms with Crippen molar-refractivity contribution >= 4 is 52.6 Å². The van der Waals surface area contributed by atoms with Gasteiger partial charge in [-0.3, -0.25) is 3.96 Å². The standard InChI is InChI=1S/C20H18Cl2N2OS2/c1-4-25-14-5-6-16-15(10-14)17-18(20(2,3)23-16)27-24(19(17)26)13-8-11(21)7-12(22)9-13/h5-10,23H,4H2,1-3H3. The van der Waals surface area contributed by atoms with Crippen molar-refractivity contribution in [1.82, 2.24) is 3.96 Å². The van der Waals surface area contributed by atoms with Crippen LogP contribution in [-0.4, -0.2) is 10.6 Å². The van der Waals surface area contributed by atoms with Gasteiger partial charge in [0.1, 0.15) is 10.4 Å². The number of halogens is 2. The van der Waals surface area contributed by atoms with Gasteiger partial charge >= 0.3 is 0 Å². The summed E-state index contributed by atoms with van der Waals surface area (Å²) in [6.45, 7) is 6.92. The summed E-state index contributed by atoms with van der Waals surface area (Å²) in [6, 6.07) is 11.6. The summed E-state index contributed by atoms with van der Waals surface area (Å²) in [5, 5.41) is 4.79. The highest BCUT2D eigenvalue weighted by atomic mass is 35.5. The number of nitrogens with one attached hydrogen (secondary N) is 1. The molecule has 3 nitrogen and oxygen atoms in total. The summed E-state index contributed by atoms with van der Waals surface area (Å²) in [5.41, 5.74) is 3.79. The van der Waals surface area contributed by atoms with Gasteiger partial charge in [0.25, 0.3) is 0 Å². The molecule has 0 unspecified atom stereocenters. The van der Waals surface area contributed by atoms with Crippen molar-refractivity contribution in [2.24, 2.45) is 0 Å². The molecule has 0 spiro atoms. The number of rotatable bonds is 3. The minimum Gasteiger partial charge on any atom is -0.494 e. The minimum atomic E-state index is -0.249. The Morgan fingerprint density at radius 3 is 2.52 bits per heavy atom. The number of anilines is 1. The molecule has 2 heterocycles. The number of hydrogen-bond acceptors (Lipinski definition) is 4. The lowest BCUT2D eigenvalue weighted by atomic mass is 9.90. The SMILES string of the molecule is CCOc1ccc2c(c1)-c1c(sn(-c3cc(Cl)cc(Cl)c3)c1=S)C(C)(C)N2. The third-order valence-corrected chi connectivity index (χ3v) is 6.89. The van der Waals surface area contributed by atoms with Crippen LogP contribution in [0.25, 0.3) is 16.8 Å². The van der Waals surface area contributed by atoms with Crippen LogP contribution in [0, 0.1) is 4.64 Å². The highest BCUT2D eigenvalue weighted by Gasteiger charge is 2.34. The zero-order valence-electron chi connectivity index (χ0n) is 15.1. The van der Waals surface area contributed by atoms with Gasteiger partial charge in [0, 0.05) is 26.9 Å². The van der Waals surface area contributed by atoms with Gasteiger partial charge in [-0.05, 0) is 57.2 Å². The number of nitrogens with zero attached hydrogens (tertiary/aromatic N) is 1. The van der Waals surface area contributed by atoms with Crippen LogP contribution < -0.4 is 10.1 Å². The molecule has 0 saturated carbocycles. The molecule has 3 aromatic rings. The Morgan fingerprint density at radius 2 is 1.85 bits per heavy atom. The average Bonchev–Trinajstić information content (AvgIpc) is 2.94. The predicted octanol–water partition coefficient (Wildman–Crippen LogP) is 7.30. The van der Waals surface area contributed by atoms with Crippen molar-refractivity contribution in [3.05, 3.63) is 56.0 Å².